The minimum absolute atomic E-state index is 0.364. The second kappa shape index (κ2) is 2.59. The highest BCUT2D eigenvalue weighted by molar-refractivity contribution is 5.42. The van der Waals surface area contributed by atoms with E-state index in [0.717, 1.165) is 19.6 Å². The van der Waals surface area contributed by atoms with Gasteiger partial charge in [-0.25, -0.2) is 0 Å². The van der Waals surface area contributed by atoms with Gasteiger partial charge in [0.05, 0.1) is 0 Å². The molecule has 3 N–H and O–H groups in total. The van der Waals surface area contributed by atoms with E-state index in [0.29, 0.717) is 10.8 Å². The van der Waals surface area contributed by atoms with E-state index < -0.39 is 0 Å². The molecule has 1 heterocycles. The van der Waals surface area contributed by atoms with E-state index in [-0.39, 0.29) is 0 Å². The van der Waals surface area contributed by atoms with Gasteiger partial charge in [0.25, 0.3) is 0 Å². The topological polar surface area (TPSA) is 38.0 Å². The van der Waals surface area contributed by atoms with Crippen molar-refractivity contribution in [3.05, 3.63) is 35.9 Å². The van der Waals surface area contributed by atoms with Crippen LogP contribution < -0.4 is 11.1 Å². The van der Waals surface area contributed by atoms with Gasteiger partial charge in [0, 0.05) is 30.5 Å². The third kappa shape index (κ3) is 0.830. The van der Waals surface area contributed by atoms with Gasteiger partial charge in [0.2, 0.25) is 0 Å². The Bertz CT molecular complexity index is 349. The summed E-state index contributed by atoms with van der Waals surface area (Å²) in [6, 6.07) is 10.8. The monoisotopic (exact) mass is 188 g/mol. The Labute approximate surface area is 84.5 Å². The lowest BCUT2D eigenvalue weighted by Crippen LogP contribution is -2.25. The fourth-order valence-corrected chi connectivity index (χ4v) is 3.14. The molecule has 0 bridgehead atoms. The molecule has 0 radical (unpaired) electrons. The van der Waals surface area contributed by atoms with E-state index in [1.807, 2.05) is 0 Å². The summed E-state index contributed by atoms with van der Waals surface area (Å²) in [6.45, 7) is 3.02. The van der Waals surface area contributed by atoms with Crippen molar-refractivity contribution >= 4 is 0 Å². The quantitative estimate of drug-likeness (QED) is 0.723. The van der Waals surface area contributed by atoms with Crippen LogP contribution in [0.4, 0.5) is 0 Å². The summed E-state index contributed by atoms with van der Waals surface area (Å²) in [5.41, 5.74) is 8.09. The van der Waals surface area contributed by atoms with Crippen LogP contribution in [-0.4, -0.2) is 19.6 Å². The highest BCUT2D eigenvalue weighted by Crippen LogP contribution is 2.66. The van der Waals surface area contributed by atoms with Crippen LogP contribution >= 0.6 is 0 Å². The number of rotatable bonds is 2. The van der Waals surface area contributed by atoms with E-state index in [1.54, 1.807) is 0 Å². The van der Waals surface area contributed by atoms with Crippen molar-refractivity contribution in [3.63, 3.8) is 0 Å². The number of fused-ring (bicyclic) bond motifs is 1. The average Bonchev–Trinajstić information content (AvgIpc) is 2.79. The molecule has 2 heteroatoms. The van der Waals surface area contributed by atoms with Crippen LogP contribution in [0.5, 0.6) is 0 Å². The molecule has 2 fully saturated rings. The second-order valence-corrected chi connectivity index (χ2v) is 4.71. The van der Waals surface area contributed by atoms with Crippen LogP contribution in [0, 0.1) is 5.41 Å². The zero-order valence-corrected chi connectivity index (χ0v) is 8.29. The molecule has 2 nitrogen and oxygen atoms in total. The van der Waals surface area contributed by atoms with Crippen molar-refractivity contribution < 1.29 is 0 Å². The molecule has 2 atom stereocenters. The smallest absolute Gasteiger partial charge is 0.0165 e. The number of piperidine rings is 1. The molecule has 3 rings (SSSR count). The third-order valence-electron chi connectivity index (χ3n) is 4.14. The lowest BCUT2D eigenvalue weighted by Gasteiger charge is -2.15. The highest BCUT2D eigenvalue weighted by Gasteiger charge is 2.69. The van der Waals surface area contributed by atoms with Crippen molar-refractivity contribution in [1.82, 2.24) is 5.32 Å². The Hall–Kier alpha value is -0.860. The first-order valence-corrected chi connectivity index (χ1v) is 5.29. The normalized spacial score (nSPS) is 39.5. The molecule has 14 heavy (non-hydrogen) atoms. The first kappa shape index (κ1) is 8.45. The summed E-state index contributed by atoms with van der Waals surface area (Å²) in [7, 11) is 0. The zero-order chi connectivity index (χ0) is 9.65. The Morgan fingerprint density at radius 1 is 1.21 bits per heavy atom. The van der Waals surface area contributed by atoms with Crippen molar-refractivity contribution in [3.8, 4) is 0 Å². The molecule has 1 saturated heterocycles. The van der Waals surface area contributed by atoms with Crippen LogP contribution in [0.25, 0.3) is 0 Å². The molecule has 1 aliphatic heterocycles. The number of nitrogens with two attached hydrogens (primary N) is 1. The van der Waals surface area contributed by atoms with Gasteiger partial charge in [0.15, 0.2) is 0 Å². The fraction of sp³-hybridized carbons (Fsp3) is 0.500. The largest absolute Gasteiger partial charge is 0.330 e. The summed E-state index contributed by atoms with van der Waals surface area (Å²) >= 11 is 0. The highest BCUT2D eigenvalue weighted by atomic mass is 15.0. The predicted molar refractivity (Wildman–Crippen MR) is 57.1 cm³/mol. The molecule has 1 aromatic carbocycles. The predicted octanol–water partition coefficient (Wildman–Crippen LogP) is 0.876. The minimum atomic E-state index is 0.364. The summed E-state index contributed by atoms with van der Waals surface area (Å²) < 4.78 is 0. The van der Waals surface area contributed by atoms with Crippen LogP contribution in [0.15, 0.2) is 30.3 Å². The molecule has 74 valence electrons. The van der Waals surface area contributed by atoms with Crippen LogP contribution in [0.1, 0.15) is 12.0 Å². The van der Waals surface area contributed by atoms with E-state index in [4.69, 9.17) is 5.73 Å². The maximum atomic E-state index is 5.89. The van der Waals surface area contributed by atoms with Gasteiger partial charge in [-0.15, -0.1) is 0 Å². The third-order valence-corrected chi connectivity index (χ3v) is 4.14. The SMILES string of the molecule is NCC12CNCC1(c1ccccc1)C2. The summed E-state index contributed by atoms with van der Waals surface area (Å²) in [5, 5.41) is 3.47. The molecule has 2 unspecified atom stereocenters. The molecule has 0 amide bonds. The summed E-state index contributed by atoms with van der Waals surface area (Å²) in [4.78, 5) is 0. The first-order valence-electron chi connectivity index (χ1n) is 5.29. The van der Waals surface area contributed by atoms with Crippen molar-refractivity contribution in [1.29, 1.82) is 0 Å². The lowest BCUT2D eigenvalue weighted by atomic mass is 9.89. The minimum Gasteiger partial charge on any atom is -0.330 e. The zero-order valence-electron chi connectivity index (χ0n) is 8.29. The van der Waals surface area contributed by atoms with Crippen LogP contribution in [-0.2, 0) is 5.41 Å². The van der Waals surface area contributed by atoms with Crippen molar-refractivity contribution in [2.75, 3.05) is 19.6 Å². The van der Waals surface area contributed by atoms with E-state index in [1.165, 1.54) is 12.0 Å². The molecule has 0 spiro atoms. The molecular formula is C12H16N2. The molecule has 0 aromatic heterocycles. The van der Waals surface area contributed by atoms with Crippen LogP contribution in [0.2, 0.25) is 0 Å². The van der Waals surface area contributed by atoms with E-state index >= 15 is 0 Å². The number of hydrogen-bond donors (Lipinski definition) is 2. The van der Waals surface area contributed by atoms with E-state index in [9.17, 15) is 0 Å². The molecule has 2 aliphatic rings. The summed E-state index contributed by atoms with van der Waals surface area (Å²) in [5.74, 6) is 0. The number of hydrogen-bond acceptors (Lipinski definition) is 2. The fourth-order valence-electron chi connectivity index (χ4n) is 3.14. The lowest BCUT2D eigenvalue weighted by molar-refractivity contribution is 0.508. The van der Waals surface area contributed by atoms with Crippen molar-refractivity contribution in [2.24, 2.45) is 11.1 Å². The van der Waals surface area contributed by atoms with Gasteiger partial charge in [-0.2, -0.15) is 0 Å². The van der Waals surface area contributed by atoms with E-state index in [2.05, 4.69) is 35.6 Å². The Morgan fingerprint density at radius 2 is 2.00 bits per heavy atom. The maximum absolute atomic E-state index is 5.89. The number of nitrogens with one attached hydrogen (secondary N) is 1. The van der Waals surface area contributed by atoms with Gasteiger partial charge < -0.3 is 11.1 Å². The average molecular weight is 188 g/mol. The van der Waals surface area contributed by atoms with Gasteiger partial charge in [0.1, 0.15) is 0 Å². The van der Waals surface area contributed by atoms with Gasteiger partial charge in [-0.1, -0.05) is 30.3 Å². The molecular weight excluding hydrogens is 172 g/mol. The van der Waals surface area contributed by atoms with Gasteiger partial charge in [-0.3, -0.25) is 0 Å². The molecule has 1 aromatic rings. The standard InChI is InChI=1S/C12H16N2/c13-7-11-6-12(11,9-14-8-11)10-4-2-1-3-5-10/h1-5,14H,6-9,13H2. The van der Waals surface area contributed by atoms with Gasteiger partial charge in [-0.05, 0) is 12.0 Å². The second-order valence-electron chi connectivity index (χ2n) is 4.71. The first-order chi connectivity index (χ1) is 6.83. The molecule has 1 aliphatic carbocycles. The Balaban J connectivity index is 2.01. The summed E-state index contributed by atoms with van der Waals surface area (Å²) in [6.07, 6.45) is 1.27. The van der Waals surface area contributed by atoms with Gasteiger partial charge >= 0.3 is 0 Å². The molecule has 1 saturated carbocycles. The Kier molecular flexibility index (Phi) is 1.56. The van der Waals surface area contributed by atoms with Crippen molar-refractivity contribution in [2.45, 2.75) is 11.8 Å². The van der Waals surface area contributed by atoms with Crippen LogP contribution in [0.3, 0.4) is 0 Å². The number of benzene rings is 1. The Morgan fingerprint density at radius 3 is 2.64 bits per heavy atom. The maximum Gasteiger partial charge on any atom is 0.0165 e.